The summed E-state index contributed by atoms with van der Waals surface area (Å²) in [7, 11) is 5.27. The minimum absolute atomic E-state index is 0.0564. The molecular weight excluding hydrogens is 453 g/mol. The van der Waals surface area contributed by atoms with Crippen LogP contribution in [0.15, 0.2) is 24.5 Å². The minimum Gasteiger partial charge on any atom is -0.490 e. The lowest BCUT2D eigenvalue weighted by atomic mass is 9.93. The third-order valence-electron chi connectivity index (χ3n) is 6.07. The predicted octanol–water partition coefficient (Wildman–Crippen LogP) is 3.26. The van der Waals surface area contributed by atoms with Crippen molar-refractivity contribution in [2.24, 2.45) is 14.1 Å². The molecule has 34 heavy (non-hydrogen) atoms. The van der Waals surface area contributed by atoms with Crippen molar-refractivity contribution in [3.8, 4) is 11.6 Å². The molecule has 0 radical (unpaired) electrons. The van der Waals surface area contributed by atoms with Gasteiger partial charge in [-0.1, -0.05) is 0 Å². The molecule has 1 aromatic carbocycles. The van der Waals surface area contributed by atoms with Gasteiger partial charge in [-0.05, 0) is 25.7 Å². The van der Waals surface area contributed by atoms with Crippen LogP contribution in [0.4, 0.5) is 24.7 Å². The SMILES string of the molecule is COc1cc(Nc2cc(O[C@H]3CC[C@@H](NCC(O)C(F)(F)F)CC3)cc3c2ncn3C)nn1C. The van der Waals surface area contributed by atoms with E-state index < -0.39 is 18.8 Å². The van der Waals surface area contributed by atoms with Crippen molar-refractivity contribution in [3.05, 3.63) is 24.5 Å². The Morgan fingerprint density at radius 3 is 2.56 bits per heavy atom. The average Bonchev–Trinajstić information content (AvgIpc) is 3.34. The number of aromatic nitrogens is 4. The highest BCUT2D eigenvalue weighted by Crippen LogP contribution is 2.33. The maximum atomic E-state index is 12.5. The van der Waals surface area contributed by atoms with E-state index >= 15 is 0 Å². The number of alkyl halides is 3. The Labute approximate surface area is 194 Å². The van der Waals surface area contributed by atoms with Crippen molar-refractivity contribution in [3.63, 3.8) is 0 Å². The van der Waals surface area contributed by atoms with Crippen molar-refractivity contribution >= 4 is 22.5 Å². The van der Waals surface area contributed by atoms with Gasteiger partial charge >= 0.3 is 6.18 Å². The number of benzene rings is 1. The fraction of sp³-hybridized carbons (Fsp3) is 0.545. The Morgan fingerprint density at radius 1 is 1.18 bits per heavy atom. The lowest BCUT2D eigenvalue weighted by Crippen LogP contribution is -2.44. The monoisotopic (exact) mass is 482 g/mol. The zero-order chi connectivity index (χ0) is 24.5. The Hall–Kier alpha value is -2.99. The van der Waals surface area contributed by atoms with E-state index in [1.165, 1.54) is 0 Å². The number of methoxy groups -OCH3 is 1. The van der Waals surface area contributed by atoms with Gasteiger partial charge in [-0.3, -0.25) is 0 Å². The second kappa shape index (κ2) is 9.71. The van der Waals surface area contributed by atoms with E-state index in [2.05, 4.69) is 20.7 Å². The average molecular weight is 483 g/mol. The molecule has 2 aromatic heterocycles. The van der Waals surface area contributed by atoms with Gasteiger partial charge in [-0.2, -0.15) is 18.3 Å². The Kier molecular flexibility index (Phi) is 6.89. The standard InChI is InChI=1S/C22H29F3N6O3/c1-30-12-27-21-16(28-19-10-20(33-3)31(2)29-19)8-15(9-17(21)30)34-14-6-4-13(5-7-14)26-11-18(32)22(23,24)25/h8-10,12-14,18,26,32H,4-7,11H2,1-3H3,(H,28,29)/t13-,14+,18?. The summed E-state index contributed by atoms with van der Waals surface area (Å²) in [6.45, 7) is -0.496. The Morgan fingerprint density at radius 2 is 1.91 bits per heavy atom. The molecule has 1 aliphatic rings. The number of fused-ring (bicyclic) bond motifs is 1. The molecule has 0 aliphatic heterocycles. The van der Waals surface area contributed by atoms with Gasteiger partial charge in [0.15, 0.2) is 11.9 Å². The first kappa shape index (κ1) is 24.1. The summed E-state index contributed by atoms with van der Waals surface area (Å²) in [5.41, 5.74) is 2.40. The van der Waals surface area contributed by atoms with Crippen LogP contribution in [0.25, 0.3) is 11.0 Å². The Balaban J connectivity index is 1.42. The maximum absolute atomic E-state index is 12.5. The van der Waals surface area contributed by atoms with Crippen LogP contribution in [0.2, 0.25) is 0 Å². The molecule has 186 valence electrons. The normalized spacial score (nSPS) is 19.9. The van der Waals surface area contributed by atoms with Gasteiger partial charge in [0, 0.05) is 44.9 Å². The van der Waals surface area contributed by atoms with Gasteiger partial charge in [0.1, 0.15) is 11.3 Å². The number of hydrogen-bond donors (Lipinski definition) is 3. The van der Waals surface area contributed by atoms with E-state index in [9.17, 15) is 18.3 Å². The zero-order valence-electron chi connectivity index (χ0n) is 19.3. The van der Waals surface area contributed by atoms with Crippen LogP contribution in [0, 0.1) is 0 Å². The van der Waals surface area contributed by atoms with Crippen LogP contribution >= 0.6 is 0 Å². The molecular formula is C22H29F3N6O3. The summed E-state index contributed by atoms with van der Waals surface area (Å²) in [6.07, 6.45) is -2.55. The number of rotatable bonds is 8. The molecule has 3 N–H and O–H groups in total. The summed E-state index contributed by atoms with van der Waals surface area (Å²) in [5, 5.41) is 19.7. The highest BCUT2D eigenvalue weighted by molar-refractivity contribution is 5.91. The number of hydrogen-bond acceptors (Lipinski definition) is 7. The molecule has 9 nitrogen and oxygen atoms in total. The van der Waals surface area contributed by atoms with Crippen LogP contribution in [-0.2, 0) is 14.1 Å². The van der Waals surface area contributed by atoms with E-state index in [-0.39, 0.29) is 12.1 Å². The zero-order valence-corrected chi connectivity index (χ0v) is 19.3. The predicted molar refractivity (Wildman–Crippen MR) is 120 cm³/mol. The molecule has 0 amide bonds. The van der Waals surface area contributed by atoms with Crippen LogP contribution in [0.5, 0.6) is 11.6 Å². The highest BCUT2D eigenvalue weighted by atomic mass is 19.4. The third-order valence-corrected chi connectivity index (χ3v) is 6.07. The smallest absolute Gasteiger partial charge is 0.415 e. The molecule has 1 unspecified atom stereocenters. The largest absolute Gasteiger partial charge is 0.490 e. The summed E-state index contributed by atoms with van der Waals surface area (Å²) < 4.78 is 52.6. The number of aliphatic hydroxyl groups excluding tert-OH is 1. The van der Waals surface area contributed by atoms with Crippen LogP contribution in [0.1, 0.15) is 25.7 Å². The van der Waals surface area contributed by atoms with Gasteiger partial charge < -0.3 is 29.8 Å². The first-order valence-electron chi connectivity index (χ1n) is 11.1. The first-order valence-corrected chi connectivity index (χ1v) is 11.1. The summed E-state index contributed by atoms with van der Waals surface area (Å²) >= 11 is 0. The lowest BCUT2D eigenvalue weighted by molar-refractivity contribution is -0.202. The number of anilines is 2. The minimum atomic E-state index is -4.61. The number of aryl methyl sites for hydroxylation is 2. The van der Waals surface area contributed by atoms with Crippen molar-refractivity contribution in [1.82, 2.24) is 24.6 Å². The first-order chi connectivity index (χ1) is 16.1. The van der Waals surface area contributed by atoms with Crippen LogP contribution in [0.3, 0.4) is 0 Å². The van der Waals surface area contributed by atoms with Crippen molar-refractivity contribution in [2.45, 2.75) is 50.1 Å². The molecule has 1 aliphatic carbocycles. The van der Waals surface area contributed by atoms with Gasteiger partial charge in [-0.25, -0.2) is 9.67 Å². The number of imidazole rings is 1. The maximum Gasteiger partial charge on any atom is 0.415 e. The number of aliphatic hydroxyl groups is 1. The molecule has 0 spiro atoms. The van der Waals surface area contributed by atoms with E-state index in [0.29, 0.717) is 43.1 Å². The van der Waals surface area contributed by atoms with Gasteiger partial charge in [0.2, 0.25) is 5.88 Å². The van der Waals surface area contributed by atoms with Crippen LogP contribution in [-0.4, -0.2) is 62.5 Å². The molecule has 0 saturated heterocycles. The number of nitrogens with zero attached hydrogens (tertiary/aromatic N) is 4. The summed E-state index contributed by atoms with van der Waals surface area (Å²) in [4.78, 5) is 4.48. The summed E-state index contributed by atoms with van der Waals surface area (Å²) in [6, 6.07) is 5.51. The van der Waals surface area contributed by atoms with E-state index in [0.717, 1.165) is 16.7 Å². The molecule has 0 bridgehead atoms. The lowest BCUT2D eigenvalue weighted by Gasteiger charge is -2.30. The van der Waals surface area contributed by atoms with E-state index in [1.54, 1.807) is 31.2 Å². The number of ether oxygens (including phenoxy) is 2. The van der Waals surface area contributed by atoms with Gasteiger partial charge in [0.25, 0.3) is 0 Å². The van der Waals surface area contributed by atoms with Crippen LogP contribution < -0.4 is 20.1 Å². The third kappa shape index (κ3) is 5.39. The quantitative estimate of drug-likeness (QED) is 0.453. The highest BCUT2D eigenvalue weighted by Gasteiger charge is 2.38. The van der Waals surface area contributed by atoms with Gasteiger partial charge in [-0.15, -0.1) is 0 Å². The number of halogens is 3. The molecule has 4 rings (SSSR count). The second-order valence-corrected chi connectivity index (χ2v) is 8.57. The van der Waals surface area contributed by atoms with E-state index in [1.807, 2.05) is 23.7 Å². The van der Waals surface area contributed by atoms with Crippen molar-refractivity contribution in [1.29, 1.82) is 0 Å². The van der Waals surface area contributed by atoms with Crippen molar-refractivity contribution < 1.29 is 27.8 Å². The molecule has 1 saturated carbocycles. The van der Waals surface area contributed by atoms with Crippen molar-refractivity contribution in [2.75, 3.05) is 19.0 Å². The second-order valence-electron chi connectivity index (χ2n) is 8.57. The fourth-order valence-corrected chi connectivity index (χ4v) is 4.18. The molecule has 3 aromatic rings. The van der Waals surface area contributed by atoms with E-state index in [4.69, 9.17) is 9.47 Å². The number of nitrogens with one attached hydrogen (secondary N) is 2. The fourth-order valence-electron chi connectivity index (χ4n) is 4.18. The Bertz CT molecular complexity index is 1120. The molecule has 12 heteroatoms. The molecule has 1 fully saturated rings. The molecule has 2 heterocycles. The molecule has 1 atom stereocenters. The topological polar surface area (TPSA) is 98.4 Å². The van der Waals surface area contributed by atoms with Gasteiger partial charge in [0.05, 0.1) is 30.7 Å². The summed E-state index contributed by atoms with van der Waals surface area (Å²) in [5.74, 6) is 1.89.